The lowest BCUT2D eigenvalue weighted by Gasteiger charge is -2.21. The second-order valence-electron chi connectivity index (χ2n) is 5.34. The average Bonchev–Trinajstić information content (AvgIpc) is 2.60. The zero-order valence-corrected chi connectivity index (χ0v) is 13.3. The molecule has 1 N–H and O–H groups in total. The number of esters is 1. The van der Waals surface area contributed by atoms with E-state index in [1.807, 2.05) is 6.07 Å². The first-order chi connectivity index (χ1) is 11.5. The number of aliphatic hydroxyl groups is 1. The van der Waals surface area contributed by atoms with Crippen LogP contribution in [0.3, 0.4) is 0 Å². The molecule has 2 atom stereocenters. The monoisotopic (exact) mass is 329 g/mol. The van der Waals surface area contributed by atoms with Gasteiger partial charge < -0.3 is 9.84 Å². The Morgan fingerprint density at radius 3 is 2.33 bits per heavy atom. The summed E-state index contributed by atoms with van der Waals surface area (Å²) < 4.78 is 5.07. The molecule has 2 rings (SSSR count). The summed E-state index contributed by atoms with van der Waals surface area (Å²) in [6, 6.07) is 14.8. The van der Waals surface area contributed by atoms with Gasteiger partial charge in [0.1, 0.15) is 0 Å². The zero-order chi connectivity index (χ0) is 17.5. The van der Waals surface area contributed by atoms with Crippen LogP contribution in [0.1, 0.15) is 24.2 Å². The third-order valence-electron chi connectivity index (χ3n) is 3.71. The van der Waals surface area contributed by atoms with Gasteiger partial charge in [-0.05, 0) is 24.5 Å². The number of hydrogen-bond donors (Lipinski definition) is 1. The summed E-state index contributed by atoms with van der Waals surface area (Å²) in [7, 11) is 0. The molecule has 2 aromatic carbocycles. The fraction of sp³-hybridized carbons (Fsp3) is 0.278. The Morgan fingerprint density at radius 2 is 1.79 bits per heavy atom. The van der Waals surface area contributed by atoms with Crippen molar-refractivity contribution in [1.29, 1.82) is 0 Å². The van der Waals surface area contributed by atoms with E-state index >= 15 is 0 Å². The van der Waals surface area contributed by atoms with Gasteiger partial charge in [-0.3, -0.25) is 14.9 Å². The van der Waals surface area contributed by atoms with Gasteiger partial charge in [-0.2, -0.15) is 0 Å². The van der Waals surface area contributed by atoms with Crippen LogP contribution in [0.2, 0.25) is 0 Å². The van der Waals surface area contributed by atoms with Crippen molar-refractivity contribution in [3.63, 3.8) is 0 Å². The summed E-state index contributed by atoms with van der Waals surface area (Å²) in [6.45, 7) is 1.92. The molecule has 0 aliphatic rings. The molecule has 0 fully saturated rings. The van der Waals surface area contributed by atoms with Gasteiger partial charge in [0.2, 0.25) is 0 Å². The number of carbonyl (C=O) groups excluding carboxylic acids is 1. The number of nitro benzene ring substituents is 1. The Bertz CT molecular complexity index is 684. The van der Waals surface area contributed by atoms with Crippen molar-refractivity contribution in [1.82, 2.24) is 0 Å². The van der Waals surface area contributed by atoms with E-state index in [1.54, 1.807) is 43.3 Å². The highest BCUT2D eigenvalue weighted by molar-refractivity contribution is 5.74. The number of aliphatic hydroxyl groups excluding tert-OH is 1. The van der Waals surface area contributed by atoms with E-state index in [1.165, 1.54) is 12.1 Å². The summed E-state index contributed by atoms with van der Waals surface area (Å²) in [6.07, 6.45) is -0.784. The van der Waals surface area contributed by atoms with Crippen LogP contribution in [0, 0.1) is 16.0 Å². The minimum absolute atomic E-state index is 0.0185. The van der Waals surface area contributed by atoms with Crippen LogP contribution < -0.4 is 0 Å². The molecule has 0 bridgehead atoms. The molecule has 6 heteroatoms. The number of benzene rings is 2. The maximum Gasteiger partial charge on any atom is 0.312 e. The van der Waals surface area contributed by atoms with Crippen LogP contribution in [0.25, 0.3) is 0 Å². The number of rotatable bonds is 7. The second kappa shape index (κ2) is 8.21. The van der Waals surface area contributed by atoms with Crippen LogP contribution >= 0.6 is 0 Å². The Hall–Kier alpha value is -2.73. The third-order valence-corrected chi connectivity index (χ3v) is 3.71. The van der Waals surface area contributed by atoms with E-state index in [9.17, 15) is 20.0 Å². The van der Waals surface area contributed by atoms with Gasteiger partial charge in [0.25, 0.3) is 5.69 Å². The maximum absolute atomic E-state index is 12.2. The van der Waals surface area contributed by atoms with Crippen molar-refractivity contribution in [3.05, 3.63) is 75.8 Å². The molecule has 24 heavy (non-hydrogen) atoms. The van der Waals surface area contributed by atoms with E-state index in [2.05, 4.69) is 0 Å². The fourth-order valence-electron chi connectivity index (χ4n) is 2.46. The van der Waals surface area contributed by atoms with Gasteiger partial charge in [0.15, 0.2) is 0 Å². The van der Waals surface area contributed by atoms with E-state index in [-0.39, 0.29) is 18.7 Å². The SMILES string of the molecule is CCOC(=O)[C@@H](Cc1ccc([N+](=O)[O-])cc1)[C@@H](O)c1ccccc1. The molecule has 0 amide bonds. The van der Waals surface area contributed by atoms with Gasteiger partial charge in [-0.25, -0.2) is 0 Å². The quantitative estimate of drug-likeness (QED) is 0.479. The Kier molecular flexibility index (Phi) is 6.03. The summed E-state index contributed by atoms with van der Waals surface area (Å²) >= 11 is 0. The molecule has 2 aromatic rings. The first-order valence-electron chi connectivity index (χ1n) is 7.66. The van der Waals surface area contributed by atoms with Crippen LogP contribution in [-0.4, -0.2) is 22.6 Å². The van der Waals surface area contributed by atoms with Crippen molar-refractivity contribution < 1.29 is 19.6 Å². The summed E-state index contributed by atoms with van der Waals surface area (Å²) in [5, 5.41) is 21.3. The van der Waals surface area contributed by atoms with Gasteiger partial charge >= 0.3 is 5.97 Å². The third kappa shape index (κ3) is 4.39. The molecule has 0 heterocycles. The van der Waals surface area contributed by atoms with E-state index < -0.39 is 22.9 Å². The number of non-ortho nitro benzene ring substituents is 1. The largest absolute Gasteiger partial charge is 0.466 e. The second-order valence-corrected chi connectivity index (χ2v) is 5.34. The van der Waals surface area contributed by atoms with Crippen LogP contribution in [0.15, 0.2) is 54.6 Å². The molecule has 0 unspecified atom stereocenters. The number of nitrogens with zero attached hydrogens (tertiary/aromatic N) is 1. The predicted octanol–water partition coefficient (Wildman–Crippen LogP) is 3.05. The molecule has 0 aliphatic carbocycles. The van der Waals surface area contributed by atoms with E-state index in [4.69, 9.17) is 4.74 Å². The smallest absolute Gasteiger partial charge is 0.312 e. The highest BCUT2D eigenvalue weighted by Gasteiger charge is 2.29. The van der Waals surface area contributed by atoms with Crippen LogP contribution in [-0.2, 0) is 16.0 Å². The number of hydrogen-bond acceptors (Lipinski definition) is 5. The highest BCUT2D eigenvalue weighted by atomic mass is 16.6. The van der Waals surface area contributed by atoms with Crippen LogP contribution in [0.4, 0.5) is 5.69 Å². The average molecular weight is 329 g/mol. The van der Waals surface area contributed by atoms with Crippen molar-refractivity contribution in [2.24, 2.45) is 5.92 Å². The normalized spacial score (nSPS) is 13.1. The molecule has 0 aliphatic heterocycles. The molecule has 0 spiro atoms. The molecule has 0 radical (unpaired) electrons. The minimum Gasteiger partial charge on any atom is -0.466 e. The topological polar surface area (TPSA) is 89.7 Å². The van der Waals surface area contributed by atoms with Crippen molar-refractivity contribution >= 4 is 11.7 Å². The van der Waals surface area contributed by atoms with Crippen molar-refractivity contribution in [2.75, 3.05) is 6.61 Å². The van der Waals surface area contributed by atoms with Crippen molar-refractivity contribution in [2.45, 2.75) is 19.4 Å². The molecule has 0 saturated carbocycles. The van der Waals surface area contributed by atoms with Crippen LogP contribution in [0.5, 0.6) is 0 Å². The summed E-state index contributed by atoms with van der Waals surface area (Å²) in [5.74, 6) is -1.28. The number of nitro groups is 1. The lowest BCUT2D eigenvalue weighted by atomic mass is 9.90. The lowest BCUT2D eigenvalue weighted by Crippen LogP contribution is -2.26. The molecule has 126 valence electrons. The zero-order valence-electron chi connectivity index (χ0n) is 13.3. The lowest BCUT2D eigenvalue weighted by molar-refractivity contribution is -0.384. The van der Waals surface area contributed by atoms with Gasteiger partial charge in [-0.15, -0.1) is 0 Å². The highest BCUT2D eigenvalue weighted by Crippen LogP contribution is 2.27. The standard InChI is InChI=1S/C18H19NO5/c1-2-24-18(21)16(17(20)14-6-4-3-5-7-14)12-13-8-10-15(11-9-13)19(22)23/h3-11,16-17,20H,2,12H2,1H3/t16-,17-/m0/s1. The number of ether oxygens (including phenoxy) is 1. The van der Waals surface area contributed by atoms with E-state index in [0.29, 0.717) is 11.1 Å². The van der Waals surface area contributed by atoms with E-state index in [0.717, 1.165) is 0 Å². The van der Waals surface area contributed by atoms with Gasteiger partial charge in [0, 0.05) is 12.1 Å². The molecular formula is C18H19NO5. The van der Waals surface area contributed by atoms with Gasteiger partial charge in [-0.1, -0.05) is 42.5 Å². The maximum atomic E-state index is 12.2. The minimum atomic E-state index is -1.01. The first kappa shape index (κ1) is 17.6. The molecular weight excluding hydrogens is 310 g/mol. The van der Waals surface area contributed by atoms with Gasteiger partial charge in [0.05, 0.1) is 23.6 Å². The van der Waals surface area contributed by atoms with Crippen molar-refractivity contribution in [3.8, 4) is 0 Å². The predicted molar refractivity (Wildman–Crippen MR) is 88.3 cm³/mol. The Morgan fingerprint density at radius 1 is 1.17 bits per heavy atom. The molecule has 0 saturated heterocycles. The molecule has 0 aromatic heterocycles. The summed E-state index contributed by atoms with van der Waals surface area (Å²) in [5.41, 5.74) is 1.32. The summed E-state index contributed by atoms with van der Waals surface area (Å²) in [4.78, 5) is 22.5. The Balaban J connectivity index is 2.22. The Labute approximate surface area is 139 Å². The molecule has 6 nitrogen and oxygen atoms in total. The number of carbonyl (C=O) groups is 1. The first-order valence-corrected chi connectivity index (χ1v) is 7.66. The fourth-order valence-corrected chi connectivity index (χ4v) is 2.46.